The summed E-state index contributed by atoms with van der Waals surface area (Å²) >= 11 is 6.64. The van der Waals surface area contributed by atoms with Crippen molar-refractivity contribution in [2.45, 2.75) is 13.0 Å². The Bertz CT molecular complexity index is 584. The highest BCUT2D eigenvalue weighted by Gasteiger charge is 2.11. The zero-order valence-electron chi connectivity index (χ0n) is 10.2. The van der Waals surface area contributed by atoms with Crippen LogP contribution >= 0.6 is 31.9 Å². The highest BCUT2D eigenvalue weighted by atomic mass is 79.9. The molecule has 1 aromatic carbocycles. The van der Waals surface area contributed by atoms with Crippen molar-refractivity contribution in [1.82, 2.24) is 10.3 Å². The van der Waals surface area contributed by atoms with Crippen LogP contribution in [0.5, 0.6) is 0 Å². The zero-order chi connectivity index (χ0) is 13.8. The van der Waals surface area contributed by atoms with Crippen molar-refractivity contribution in [3.05, 3.63) is 62.8 Å². The molecule has 98 valence electrons. The molecule has 0 saturated carbocycles. The third-order valence-corrected chi connectivity index (χ3v) is 3.67. The standard InChI is InChI=1S/C14H12Br2N2O/c1-9(10-2-4-12(15)5-3-10)18-14(19)11-6-7-17-13(16)8-11/h2-9H,1H3,(H,18,19). The van der Waals surface area contributed by atoms with Gasteiger partial charge in [0.05, 0.1) is 6.04 Å². The Morgan fingerprint density at radius 2 is 1.89 bits per heavy atom. The van der Waals surface area contributed by atoms with E-state index in [9.17, 15) is 4.79 Å². The summed E-state index contributed by atoms with van der Waals surface area (Å²) < 4.78 is 1.67. The molecule has 19 heavy (non-hydrogen) atoms. The average Bonchev–Trinajstić information content (AvgIpc) is 2.39. The molecule has 0 fully saturated rings. The van der Waals surface area contributed by atoms with Crippen molar-refractivity contribution in [1.29, 1.82) is 0 Å². The molecular formula is C14H12Br2N2O. The highest BCUT2D eigenvalue weighted by molar-refractivity contribution is 9.10. The fraction of sp³-hybridized carbons (Fsp3) is 0.143. The molecule has 0 saturated heterocycles. The molecule has 5 heteroatoms. The van der Waals surface area contributed by atoms with E-state index < -0.39 is 0 Å². The first-order chi connectivity index (χ1) is 9.06. The van der Waals surface area contributed by atoms with Crippen molar-refractivity contribution in [3.8, 4) is 0 Å². The molecule has 2 rings (SSSR count). The minimum Gasteiger partial charge on any atom is -0.346 e. The molecule has 0 spiro atoms. The maximum absolute atomic E-state index is 12.1. The molecule has 1 atom stereocenters. The van der Waals surface area contributed by atoms with Gasteiger partial charge in [0.1, 0.15) is 4.60 Å². The molecule has 3 nitrogen and oxygen atoms in total. The predicted molar refractivity (Wildman–Crippen MR) is 82.0 cm³/mol. The van der Waals surface area contributed by atoms with Crippen LogP contribution in [0.1, 0.15) is 28.9 Å². The Morgan fingerprint density at radius 3 is 2.53 bits per heavy atom. The van der Waals surface area contributed by atoms with E-state index in [0.717, 1.165) is 10.0 Å². The number of carbonyl (C=O) groups excluding carboxylic acids is 1. The first kappa shape index (κ1) is 14.2. The van der Waals surface area contributed by atoms with Crippen LogP contribution in [0.3, 0.4) is 0 Å². The van der Waals surface area contributed by atoms with Gasteiger partial charge in [-0.1, -0.05) is 28.1 Å². The number of hydrogen-bond donors (Lipinski definition) is 1. The molecular weight excluding hydrogens is 372 g/mol. The number of amides is 1. The van der Waals surface area contributed by atoms with Gasteiger partial charge in [0.2, 0.25) is 0 Å². The van der Waals surface area contributed by atoms with Crippen LogP contribution in [0, 0.1) is 0 Å². The van der Waals surface area contributed by atoms with E-state index >= 15 is 0 Å². The van der Waals surface area contributed by atoms with Gasteiger partial charge >= 0.3 is 0 Å². The summed E-state index contributed by atoms with van der Waals surface area (Å²) in [4.78, 5) is 16.1. The number of nitrogens with one attached hydrogen (secondary N) is 1. The van der Waals surface area contributed by atoms with Gasteiger partial charge in [0.25, 0.3) is 5.91 Å². The minimum absolute atomic E-state index is 0.0486. The molecule has 0 radical (unpaired) electrons. The normalized spacial score (nSPS) is 11.9. The molecule has 1 unspecified atom stereocenters. The molecule has 1 N–H and O–H groups in total. The number of rotatable bonds is 3. The number of benzene rings is 1. The average molecular weight is 384 g/mol. The van der Waals surface area contributed by atoms with Crippen LogP contribution in [-0.4, -0.2) is 10.9 Å². The van der Waals surface area contributed by atoms with E-state index in [-0.39, 0.29) is 11.9 Å². The molecule has 0 aliphatic heterocycles. The van der Waals surface area contributed by atoms with E-state index in [0.29, 0.717) is 10.2 Å². The molecule has 1 aromatic heterocycles. The van der Waals surface area contributed by atoms with Gasteiger partial charge in [0.15, 0.2) is 0 Å². The second-order valence-electron chi connectivity index (χ2n) is 4.11. The lowest BCUT2D eigenvalue weighted by atomic mass is 10.1. The molecule has 1 heterocycles. The third kappa shape index (κ3) is 3.88. The third-order valence-electron chi connectivity index (χ3n) is 2.71. The number of pyridine rings is 1. The molecule has 0 aliphatic rings. The monoisotopic (exact) mass is 382 g/mol. The SMILES string of the molecule is CC(NC(=O)c1ccnc(Br)c1)c1ccc(Br)cc1. The molecule has 0 aliphatic carbocycles. The van der Waals surface area contributed by atoms with Crippen LogP contribution in [0.2, 0.25) is 0 Å². The van der Waals surface area contributed by atoms with Gasteiger partial charge in [-0.3, -0.25) is 4.79 Å². The lowest BCUT2D eigenvalue weighted by molar-refractivity contribution is 0.0939. The summed E-state index contributed by atoms with van der Waals surface area (Å²) in [5.74, 6) is -0.112. The topological polar surface area (TPSA) is 42.0 Å². The fourth-order valence-electron chi connectivity index (χ4n) is 1.66. The van der Waals surface area contributed by atoms with Gasteiger partial charge in [-0.25, -0.2) is 4.98 Å². The summed E-state index contributed by atoms with van der Waals surface area (Å²) in [5.41, 5.74) is 1.65. The van der Waals surface area contributed by atoms with E-state index in [1.165, 1.54) is 0 Å². The lowest BCUT2D eigenvalue weighted by Gasteiger charge is -2.14. The Morgan fingerprint density at radius 1 is 1.21 bits per heavy atom. The van der Waals surface area contributed by atoms with Gasteiger partial charge in [-0.15, -0.1) is 0 Å². The van der Waals surface area contributed by atoms with Gasteiger partial charge in [-0.2, -0.15) is 0 Å². The summed E-state index contributed by atoms with van der Waals surface area (Å²) in [6.07, 6.45) is 1.60. The van der Waals surface area contributed by atoms with Crippen LogP contribution < -0.4 is 5.32 Å². The second-order valence-corrected chi connectivity index (χ2v) is 5.84. The maximum Gasteiger partial charge on any atom is 0.251 e. The first-order valence-corrected chi connectivity index (χ1v) is 7.33. The van der Waals surface area contributed by atoms with Crippen LogP contribution in [0.15, 0.2) is 51.7 Å². The van der Waals surface area contributed by atoms with Crippen molar-refractivity contribution >= 4 is 37.8 Å². The molecule has 0 bridgehead atoms. The summed E-state index contributed by atoms with van der Waals surface area (Å²) in [6.45, 7) is 1.96. The predicted octanol–water partition coefficient (Wildman–Crippen LogP) is 4.10. The number of aromatic nitrogens is 1. The van der Waals surface area contributed by atoms with Gasteiger partial charge in [0, 0.05) is 16.2 Å². The minimum atomic E-state index is -0.112. The van der Waals surface area contributed by atoms with Crippen molar-refractivity contribution in [2.24, 2.45) is 0 Å². The zero-order valence-corrected chi connectivity index (χ0v) is 13.4. The first-order valence-electron chi connectivity index (χ1n) is 5.74. The van der Waals surface area contributed by atoms with E-state index in [4.69, 9.17) is 0 Å². The Labute approximate surface area is 128 Å². The van der Waals surface area contributed by atoms with Crippen LogP contribution in [0.25, 0.3) is 0 Å². The van der Waals surface area contributed by atoms with E-state index in [2.05, 4.69) is 42.2 Å². The summed E-state index contributed by atoms with van der Waals surface area (Å²) in [7, 11) is 0. The molecule has 2 aromatic rings. The van der Waals surface area contributed by atoms with Crippen molar-refractivity contribution in [2.75, 3.05) is 0 Å². The van der Waals surface area contributed by atoms with Crippen LogP contribution in [-0.2, 0) is 0 Å². The van der Waals surface area contributed by atoms with Crippen molar-refractivity contribution < 1.29 is 4.79 Å². The Balaban J connectivity index is 2.08. The lowest BCUT2D eigenvalue weighted by Crippen LogP contribution is -2.26. The largest absolute Gasteiger partial charge is 0.346 e. The quantitative estimate of drug-likeness (QED) is 0.810. The number of hydrogen-bond acceptors (Lipinski definition) is 2. The molecule has 1 amide bonds. The summed E-state index contributed by atoms with van der Waals surface area (Å²) in [5, 5.41) is 2.96. The Hall–Kier alpha value is -1.20. The number of carbonyl (C=O) groups is 1. The van der Waals surface area contributed by atoms with Crippen LogP contribution in [0.4, 0.5) is 0 Å². The summed E-state index contributed by atoms with van der Waals surface area (Å²) in [6, 6.07) is 11.2. The van der Waals surface area contributed by atoms with Gasteiger partial charge < -0.3 is 5.32 Å². The van der Waals surface area contributed by atoms with E-state index in [1.807, 2.05) is 31.2 Å². The fourth-order valence-corrected chi connectivity index (χ4v) is 2.29. The maximum atomic E-state index is 12.1. The number of nitrogens with zero attached hydrogens (tertiary/aromatic N) is 1. The Kier molecular flexibility index (Phi) is 4.71. The smallest absolute Gasteiger partial charge is 0.251 e. The van der Waals surface area contributed by atoms with Gasteiger partial charge in [-0.05, 0) is 52.7 Å². The van der Waals surface area contributed by atoms with Crippen molar-refractivity contribution in [3.63, 3.8) is 0 Å². The highest BCUT2D eigenvalue weighted by Crippen LogP contribution is 2.17. The second kappa shape index (κ2) is 6.30. The number of halogens is 2. The van der Waals surface area contributed by atoms with E-state index in [1.54, 1.807) is 18.3 Å².